The van der Waals surface area contributed by atoms with Gasteiger partial charge < -0.3 is 20.3 Å². The van der Waals surface area contributed by atoms with Crippen molar-refractivity contribution in [2.45, 2.75) is 315 Å². The molecule has 0 aromatic carbocycles. The number of hydrogen-bond donors (Lipinski definition) is 3. The second-order valence-corrected chi connectivity index (χ2v) is 19.3. The summed E-state index contributed by atoms with van der Waals surface area (Å²) in [6.45, 7) is 4.88. The lowest BCUT2D eigenvalue weighted by Gasteiger charge is -2.20. The van der Waals surface area contributed by atoms with E-state index in [9.17, 15) is 19.8 Å². The van der Waals surface area contributed by atoms with E-state index in [0.29, 0.717) is 19.4 Å². The van der Waals surface area contributed by atoms with Crippen LogP contribution >= 0.6 is 0 Å². The van der Waals surface area contributed by atoms with Gasteiger partial charge in [0.15, 0.2) is 0 Å². The molecule has 0 aromatic heterocycles. The molecule has 6 nitrogen and oxygen atoms in total. The van der Waals surface area contributed by atoms with E-state index in [1.807, 2.05) is 6.08 Å². The van der Waals surface area contributed by atoms with Crippen LogP contribution in [-0.2, 0) is 14.3 Å². The Morgan fingerprint density at radius 1 is 0.429 bits per heavy atom. The highest BCUT2D eigenvalue weighted by atomic mass is 16.5. The van der Waals surface area contributed by atoms with Crippen LogP contribution in [0.4, 0.5) is 0 Å². The lowest BCUT2D eigenvalue weighted by Crippen LogP contribution is -2.45. The maximum absolute atomic E-state index is 12.4. The van der Waals surface area contributed by atoms with Crippen molar-refractivity contribution in [3.8, 4) is 0 Å². The van der Waals surface area contributed by atoms with Crippen LogP contribution in [0.15, 0.2) is 24.3 Å². The second kappa shape index (κ2) is 53.0. The first-order chi connectivity index (χ1) is 31.0. The Hall–Kier alpha value is -1.66. The fourth-order valence-corrected chi connectivity index (χ4v) is 8.63. The molecule has 0 aliphatic heterocycles. The molecule has 0 aliphatic carbocycles. The van der Waals surface area contributed by atoms with Crippen LogP contribution in [0.2, 0.25) is 0 Å². The van der Waals surface area contributed by atoms with Gasteiger partial charge in [0.2, 0.25) is 5.91 Å². The van der Waals surface area contributed by atoms with Gasteiger partial charge in [-0.15, -0.1) is 0 Å². The zero-order chi connectivity index (χ0) is 45.8. The quantitative estimate of drug-likeness (QED) is 0.0321. The topological polar surface area (TPSA) is 95.9 Å². The summed E-state index contributed by atoms with van der Waals surface area (Å²) in [5.41, 5.74) is 0. The molecule has 0 heterocycles. The molecule has 0 bridgehead atoms. The molecule has 6 heteroatoms. The Labute approximate surface area is 392 Å². The van der Waals surface area contributed by atoms with Crippen LogP contribution in [-0.4, -0.2) is 47.4 Å². The van der Waals surface area contributed by atoms with E-state index in [1.54, 1.807) is 6.08 Å². The fourth-order valence-electron chi connectivity index (χ4n) is 8.63. The largest absolute Gasteiger partial charge is 0.466 e. The summed E-state index contributed by atoms with van der Waals surface area (Å²) < 4.78 is 5.48. The van der Waals surface area contributed by atoms with E-state index < -0.39 is 12.1 Å². The van der Waals surface area contributed by atoms with Gasteiger partial charge in [0.1, 0.15) is 0 Å². The first-order valence-electron chi connectivity index (χ1n) is 28.1. The molecule has 0 aromatic rings. The number of nitrogens with one attached hydrogen (secondary N) is 1. The molecule has 63 heavy (non-hydrogen) atoms. The summed E-state index contributed by atoms with van der Waals surface area (Å²) in [5, 5.41) is 22.9. The lowest BCUT2D eigenvalue weighted by atomic mass is 10.0. The van der Waals surface area contributed by atoms with Crippen LogP contribution in [0.1, 0.15) is 303 Å². The normalized spacial score (nSPS) is 12.8. The van der Waals surface area contributed by atoms with Gasteiger partial charge in [-0.25, -0.2) is 0 Å². The van der Waals surface area contributed by atoms with Crippen molar-refractivity contribution < 1.29 is 24.5 Å². The Balaban J connectivity index is 3.39. The predicted octanol–water partition coefficient (Wildman–Crippen LogP) is 17.1. The number of rotatable bonds is 52. The van der Waals surface area contributed by atoms with Gasteiger partial charge in [-0.1, -0.05) is 256 Å². The Bertz CT molecular complexity index is 982. The maximum Gasteiger partial charge on any atom is 0.305 e. The number of allylic oxidation sites excluding steroid dienone is 3. The van der Waals surface area contributed by atoms with Crippen molar-refractivity contribution in [2.24, 2.45) is 0 Å². The summed E-state index contributed by atoms with van der Waals surface area (Å²) >= 11 is 0. The summed E-state index contributed by atoms with van der Waals surface area (Å²) in [6.07, 6.45) is 63.5. The van der Waals surface area contributed by atoms with Gasteiger partial charge >= 0.3 is 5.97 Å². The highest BCUT2D eigenvalue weighted by Crippen LogP contribution is 2.16. The van der Waals surface area contributed by atoms with Crippen LogP contribution in [0.3, 0.4) is 0 Å². The van der Waals surface area contributed by atoms with Gasteiger partial charge in [0.25, 0.3) is 0 Å². The summed E-state index contributed by atoms with van der Waals surface area (Å²) in [5.74, 6) is -0.0675. The SMILES string of the molecule is CCCCCCCCC/C=C/C(O)C(CO)NC(=O)CCCCCCCCC/C=C\CCCCCCCCCCCCOC(=O)CCCCCCCCCCCCCCCCCC. The van der Waals surface area contributed by atoms with Crippen LogP contribution in [0.5, 0.6) is 0 Å². The number of amides is 1. The van der Waals surface area contributed by atoms with Crippen molar-refractivity contribution in [3.05, 3.63) is 24.3 Å². The number of carbonyl (C=O) groups excluding carboxylic acids is 2. The summed E-state index contributed by atoms with van der Waals surface area (Å²) in [7, 11) is 0. The first-order valence-corrected chi connectivity index (χ1v) is 28.1. The fraction of sp³-hybridized carbons (Fsp3) is 0.895. The number of aliphatic hydroxyl groups is 2. The van der Waals surface area contributed by atoms with Crippen molar-refractivity contribution >= 4 is 11.9 Å². The Morgan fingerprint density at radius 3 is 1.13 bits per heavy atom. The summed E-state index contributed by atoms with van der Waals surface area (Å²) in [4.78, 5) is 24.4. The smallest absolute Gasteiger partial charge is 0.305 e. The zero-order valence-electron chi connectivity index (χ0n) is 42.3. The molecule has 0 aliphatic rings. The number of carbonyl (C=O) groups is 2. The standard InChI is InChI=1S/C57H109NO5/c1-3-5-7-9-11-13-14-15-16-25-28-31-35-39-43-47-51-57(62)63-52-48-44-40-36-32-29-26-23-21-19-17-18-20-22-24-27-30-34-38-42-46-50-56(61)58-54(53-59)55(60)49-45-41-37-33-12-10-8-6-4-2/h18,20,45,49,54-55,59-60H,3-17,19,21-44,46-48,50-53H2,1-2H3,(H,58,61)/b20-18-,49-45+. The van der Waals surface area contributed by atoms with E-state index in [1.165, 1.54) is 231 Å². The van der Waals surface area contributed by atoms with Gasteiger partial charge in [0.05, 0.1) is 25.4 Å². The molecular formula is C57H109NO5. The van der Waals surface area contributed by atoms with Crippen LogP contribution in [0.25, 0.3) is 0 Å². The number of unbranched alkanes of at least 4 members (excludes halogenated alkanes) is 39. The molecular weight excluding hydrogens is 779 g/mol. The number of ether oxygens (including phenoxy) is 1. The van der Waals surface area contributed by atoms with Gasteiger partial charge in [-0.05, 0) is 57.8 Å². The van der Waals surface area contributed by atoms with E-state index in [0.717, 1.165) is 44.9 Å². The average molecular weight is 889 g/mol. The molecule has 1 amide bonds. The first kappa shape index (κ1) is 61.3. The van der Waals surface area contributed by atoms with Gasteiger partial charge in [0, 0.05) is 12.8 Å². The number of hydrogen-bond acceptors (Lipinski definition) is 5. The molecule has 0 rings (SSSR count). The van der Waals surface area contributed by atoms with Crippen LogP contribution in [0, 0.1) is 0 Å². The van der Waals surface area contributed by atoms with Crippen molar-refractivity contribution in [1.82, 2.24) is 5.32 Å². The minimum Gasteiger partial charge on any atom is -0.466 e. The molecule has 372 valence electrons. The summed E-state index contributed by atoms with van der Waals surface area (Å²) in [6, 6.07) is -0.631. The average Bonchev–Trinajstić information content (AvgIpc) is 3.28. The number of esters is 1. The van der Waals surface area contributed by atoms with Crippen molar-refractivity contribution in [2.75, 3.05) is 13.2 Å². The monoisotopic (exact) mass is 888 g/mol. The molecule has 0 saturated carbocycles. The number of aliphatic hydroxyl groups excluding tert-OH is 2. The second-order valence-electron chi connectivity index (χ2n) is 19.3. The Morgan fingerprint density at radius 2 is 0.746 bits per heavy atom. The molecule has 3 N–H and O–H groups in total. The van der Waals surface area contributed by atoms with Crippen molar-refractivity contribution in [1.29, 1.82) is 0 Å². The molecule has 0 saturated heterocycles. The predicted molar refractivity (Wildman–Crippen MR) is 273 cm³/mol. The van der Waals surface area contributed by atoms with E-state index in [4.69, 9.17) is 4.74 Å². The van der Waals surface area contributed by atoms with Gasteiger partial charge in [-0.2, -0.15) is 0 Å². The zero-order valence-corrected chi connectivity index (χ0v) is 42.3. The third-order valence-corrected chi connectivity index (χ3v) is 13.0. The third-order valence-electron chi connectivity index (χ3n) is 13.0. The van der Waals surface area contributed by atoms with E-state index in [-0.39, 0.29) is 18.5 Å². The van der Waals surface area contributed by atoms with Gasteiger partial charge in [-0.3, -0.25) is 9.59 Å². The highest BCUT2D eigenvalue weighted by Gasteiger charge is 2.18. The van der Waals surface area contributed by atoms with Crippen LogP contribution < -0.4 is 5.32 Å². The Kier molecular flexibility index (Phi) is 51.6. The van der Waals surface area contributed by atoms with E-state index in [2.05, 4.69) is 31.3 Å². The molecule has 0 spiro atoms. The highest BCUT2D eigenvalue weighted by molar-refractivity contribution is 5.76. The molecule has 0 fully saturated rings. The molecule has 0 radical (unpaired) electrons. The molecule has 2 atom stereocenters. The minimum absolute atomic E-state index is 0.0107. The minimum atomic E-state index is -0.846. The maximum atomic E-state index is 12.4. The van der Waals surface area contributed by atoms with Crippen molar-refractivity contribution in [3.63, 3.8) is 0 Å². The molecule has 2 unspecified atom stereocenters. The third kappa shape index (κ3) is 49.6. The lowest BCUT2D eigenvalue weighted by molar-refractivity contribution is -0.143. The van der Waals surface area contributed by atoms with E-state index >= 15 is 0 Å².